The average molecular weight is 274 g/mol. The number of ether oxygens (including phenoxy) is 1. The molecule has 0 aliphatic heterocycles. The number of nitrogens with zero attached hydrogens (tertiary/aromatic N) is 2. The Morgan fingerprint density at radius 2 is 2.20 bits per heavy atom. The molecular weight excluding hydrogens is 262 g/mol. The van der Waals surface area contributed by atoms with Crippen LogP contribution < -0.4 is 5.32 Å². The monoisotopic (exact) mass is 273 g/mol. The number of alkyl carbamates (subject to hydrolysis) is 1. The standard InChI is InChI=1S/C9H12BrN3O2/c1-6(13-9(14)15-2)3-8-11-4-7(10)5-12-8/h4-6H,3H2,1-2H3,(H,13,14). The molecule has 0 fully saturated rings. The maximum atomic E-state index is 10.9. The fourth-order valence-electron chi connectivity index (χ4n) is 1.03. The molecule has 0 spiro atoms. The molecule has 1 rings (SSSR count). The smallest absolute Gasteiger partial charge is 0.407 e. The van der Waals surface area contributed by atoms with E-state index in [2.05, 4.69) is 36.0 Å². The zero-order chi connectivity index (χ0) is 11.3. The number of nitrogens with one attached hydrogen (secondary N) is 1. The Morgan fingerprint density at radius 1 is 1.60 bits per heavy atom. The van der Waals surface area contributed by atoms with Crippen LogP contribution in [0.1, 0.15) is 12.7 Å². The van der Waals surface area contributed by atoms with Crippen LogP contribution in [0, 0.1) is 0 Å². The third-order valence-corrected chi connectivity index (χ3v) is 2.12. The maximum absolute atomic E-state index is 10.9. The van der Waals surface area contributed by atoms with Crippen LogP contribution in [-0.2, 0) is 11.2 Å². The highest BCUT2D eigenvalue weighted by Gasteiger charge is 2.08. The molecule has 0 aliphatic carbocycles. The normalized spacial score (nSPS) is 11.9. The largest absolute Gasteiger partial charge is 0.453 e. The van der Waals surface area contributed by atoms with Crippen molar-refractivity contribution in [1.82, 2.24) is 15.3 Å². The number of halogens is 1. The molecule has 1 aromatic rings. The Hall–Kier alpha value is -1.17. The van der Waals surface area contributed by atoms with E-state index < -0.39 is 6.09 Å². The predicted octanol–water partition coefficient (Wildman–Crippen LogP) is 1.53. The number of hydrogen-bond acceptors (Lipinski definition) is 4. The minimum absolute atomic E-state index is 0.0568. The van der Waals surface area contributed by atoms with E-state index in [1.807, 2.05) is 6.92 Å². The third-order valence-electron chi connectivity index (χ3n) is 1.71. The summed E-state index contributed by atoms with van der Waals surface area (Å²) in [6.07, 6.45) is 3.47. The van der Waals surface area contributed by atoms with Crippen LogP contribution in [0.2, 0.25) is 0 Å². The lowest BCUT2D eigenvalue weighted by atomic mass is 10.2. The van der Waals surface area contributed by atoms with E-state index in [-0.39, 0.29) is 6.04 Å². The molecule has 0 bridgehead atoms. The summed E-state index contributed by atoms with van der Waals surface area (Å²) < 4.78 is 5.31. The molecule has 1 amide bonds. The van der Waals surface area contributed by atoms with Crippen molar-refractivity contribution in [3.05, 3.63) is 22.7 Å². The Labute approximate surface area is 96.4 Å². The van der Waals surface area contributed by atoms with Crippen LogP contribution in [0.25, 0.3) is 0 Å². The lowest BCUT2D eigenvalue weighted by molar-refractivity contribution is 0.167. The van der Waals surface area contributed by atoms with Gasteiger partial charge in [0.15, 0.2) is 0 Å². The van der Waals surface area contributed by atoms with Crippen molar-refractivity contribution in [3.63, 3.8) is 0 Å². The summed E-state index contributed by atoms with van der Waals surface area (Å²) >= 11 is 3.25. The van der Waals surface area contributed by atoms with Gasteiger partial charge in [0.25, 0.3) is 0 Å². The molecule has 1 unspecified atom stereocenters. The highest BCUT2D eigenvalue weighted by molar-refractivity contribution is 9.10. The average Bonchev–Trinajstić information content (AvgIpc) is 2.21. The molecule has 0 radical (unpaired) electrons. The van der Waals surface area contributed by atoms with E-state index in [0.29, 0.717) is 12.2 Å². The van der Waals surface area contributed by atoms with Gasteiger partial charge in [-0.1, -0.05) is 0 Å². The van der Waals surface area contributed by atoms with Gasteiger partial charge in [0, 0.05) is 24.9 Å². The van der Waals surface area contributed by atoms with Crippen LogP contribution in [0.4, 0.5) is 4.79 Å². The van der Waals surface area contributed by atoms with Crippen molar-refractivity contribution in [2.45, 2.75) is 19.4 Å². The number of methoxy groups -OCH3 is 1. The van der Waals surface area contributed by atoms with Gasteiger partial charge in [0.2, 0.25) is 0 Å². The maximum Gasteiger partial charge on any atom is 0.407 e. The fraction of sp³-hybridized carbons (Fsp3) is 0.444. The van der Waals surface area contributed by atoms with Gasteiger partial charge in [0.1, 0.15) is 5.82 Å². The van der Waals surface area contributed by atoms with Crippen molar-refractivity contribution in [2.24, 2.45) is 0 Å². The molecule has 0 saturated heterocycles. The number of amides is 1. The van der Waals surface area contributed by atoms with Crippen LogP contribution in [0.3, 0.4) is 0 Å². The highest BCUT2D eigenvalue weighted by atomic mass is 79.9. The second-order valence-electron chi connectivity index (χ2n) is 3.06. The molecule has 0 aromatic carbocycles. The molecule has 6 heteroatoms. The zero-order valence-electron chi connectivity index (χ0n) is 8.53. The number of rotatable bonds is 3. The van der Waals surface area contributed by atoms with Gasteiger partial charge in [-0.15, -0.1) is 0 Å². The second-order valence-corrected chi connectivity index (χ2v) is 3.97. The summed E-state index contributed by atoms with van der Waals surface area (Å²) in [7, 11) is 1.33. The molecule has 1 heterocycles. The molecule has 5 nitrogen and oxygen atoms in total. The summed E-state index contributed by atoms with van der Waals surface area (Å²) in [5, 5.41) is 2.64. The van der Waals surface area contributed by atoms with E-state index in [0.717, 1.165) is 4.47 Å². The molecular formula is C9H12BrN3O2. The molecule has 1 atom stereocenters. The number of hydrogen-bond donors (Lipinski definition) is 1. The minimum Gasteiger partial charge on any atom is -0.453 e. The van der Waals surface area contributed by atoms with Crippen molar-refractivity contribution < 1.29 is 9.53 Å². The highest BCUT2D eigenvalue weighted by Crippen LogP contribution is 2.05. The molecule has 1 N–H and O–H groups in total. The van der Waals surface area contributed by atoms with Gasteiger partial charge in [-0.25, -0.2) is 14.8 Å². The summed E-state index contributed by atoms with van der Waals surface area (Å²) in [6, 6.07) is -0.0568. The zero-order valence-corrected chi connectivity index (χ0v) is 10.1. The number of aromatic nitrogens is 2. The van der Waals surface area contributed by atoms with Crippen LogP contribution in [0.15, 0.2) is 16.9 Å². The predicted molar refractivity (Wildman–Crippen MR) is 58.4 cm³/mol. The molecule has 1 aromatic heterocycles. The molecule has 0 saturated carbocycles. The SMILES string of the molecule is COC(=O)NC(C)Cc1ncc(Br)cn1. The van der Waals surface area contributed by atoms with E-state index in [1.54, 1.807) is 12.4 Å². The van der Waals surface area contributed by atoms with E-state index in [1.165, 1.54) is 7.11 Å². The minimum atomic E-state index is -0.445. The summed E-state index contributed by atoms with van der Waals surface area (Å²) in [4.78, 5) is 19.1. The van der Waals surface area contributed by atoms with Crippen LogP contribution in [-0.4, -0.2) is 29.2 Å². The van der Waals surface area contributed by atoms with E-state index in [9.17, 15) is 4.79 Å². The first-order chi connectivity index (χ1) is 7.11. The van der Waals surface area contributed by atoms with Gasteiger partial charge < -0.3 is 10.1 Å². The van der Waals surface area contributed by atoms with Crippen LogP contribution in [0.5, 0.6) is 0 Å². The lowest BCUT2D eigenvalue weighted by Crippen LogP contribution is -2.34. The van der Waals surface area contributed by atoms with Gasteiger partial charge >= 0.3 is 6.09 Å². The molecule has 82 valence electrons. The van der Waals surface area contributed by atoms with Gasteiger partial charge in [0.05, 0.1) is 11.6 Å². The Kier molecular flexibility index (Phi) is 4.48. The second kappa shape index (κ2) is 5.65. The molecule has 0 aliphatic rings. The Morgan fingerprint density at radius 3 is 2.73 bits per heavy atom. The van der Waals surface area contributed by atoms with Gasteiger partial charge in [-0.3, -0.25) is 0 Å². The topological polar surface area (TPSA) is 64.1 Å². The first-order valence-corrected chi connectivity index (χ1v) is 5.22. The fourth-order valence-corrected chi connectivity index (χ4v) is 1.23. The van der Waals surface area contributed by atoms with Crippen molar-refractivity contribution >= 4 is 22.0 Å². The molecule has 15 heavy (non-hydrogen) atoms. The first-order valence-electron chi connectivity index (χ1n) is 4.42. The van der Waals surface area contributed by atoms with Crippen molar-refractivity contribution in [1.29, 1.82) is 0 Å². The van der Waals surface area contributed by atoms with Crippen LogP contribution >= 0.6 is 15.9 Å². The number of carbonyl (C=O) groups excluding carboxylic acids is 1. The third kappa shape index (κ3) is 4.24. The van der Waals surface area contributed by atoms with E-state index >= 15 is 0 Å². The lowest BCUT2D eigenvalue weighted by Gasteiger charge is -2.11. The Balaban J connectivity index is 2.47. The quantitative estimate of drug-likeness (QED) is 0.907. The number of carbonyl (C=O) groups is 1. The first kappa shape index (κ1) is 11.9. The van der Waals surface area contributed by atoms with Crippen molar-refractivity contribution in [2.75, 3.05) is 7.11 Å². The Bertz CT molecular complexity index is 329. The van der Waals surface area contributed by atoms with Gasteiger partial charge in [-0.2, -0.15) is 0 Å². The summed E-state index contributed by atoms with van der Waals surface area (Å²) in [5.41, 5.74) is 0. The van der Waals surface area contributed by atoms with Gasteiger partial charge in [-0.05, 0) is 22.9 Å². The van der Waals surface area contributed by atoms with E-state index in [4.69, 9.17) is 0 Å². The van der Waals surface area contributed by atoms with Crippen molar-refractivity contribution in [3.8, 4) is 0 Å². The summed E-state index contributed by atoms with van der Waals surface area (Å²) in [6.45, 7) is 1.86. The summed E-state index contributed by atoms with van der Waals surface area (Å²) in [5.74, 6) is 0.683.